The summed E-state index contributed by atoms with van der Waals surface area (Å²) < 4.78 is 0. The van der Waals surface area contributed by atoms with Crippen LogP contribution >= 0.6 is 0 Å². The molecule has 0 aromatic carbocycles. The van der Waals surface area contributed by atoms with Crippen LogP contribution in [0.4, 0.5) is 0 Å². The van der Waals surface area contributed by atoms with Gasteiger partial charge in [-0.15, -0.1) is 0 Å². The van der Waals surface area contributed by atoms with Crippen LogP contribution in [0.5, 0.6) is 0 Å². The lowest BCUT2D eigenvalue weighted by Crippen LogP contribution is -2.30. The molecular weight excluding hydrogens is 124 g/mol. The minimum atomic E-state index is 0.990. The highest BCUT2D eigenvalue weighted by Gasteiger charge is 2.10. The van der Waals surface area contributed by atoms with E-state index in [-0.39, 0.29) is 0 Å². The normalized spacial score (nSPS) is 22.4. The molecule has 2 heteroatoms. The predicted octanol–water partition coefficient (Wildman–Crippen LogP) is 1.17. The lowest BCUT2D eigenvalue weighted by molar-refractivity contribution is 0.509. The van der Waals surface area contributed by atoms with E-state index < -0.39 is 0 Å². The zero-order valence-electron chi connectivity index (χ0n) is 5.83. The highest BCUT2D eigenvalue weighted by atomic mass is 15.2. The SMILES string of the molecule is C1=CC2=NCCCN2C=C1. The number of nitrogens with zero attached hydrogens (tertiary/aromatic N) is 2. The number of rotatable bonds is 0. The molecule has 0 aliphatic carbocycles. The maximum absolute atomic E-state index is 4.36. The fourth-order valence-corrected chi connectivity index (χ4v) is 1.23. The molecule has 2 aliphatic rings. The van der Waals surface area contributed by atoms with E-state index in [4.69, 9.17) is 0 Å². The highest BCUT2D eigenvalue weighted by molar-refractivity contribution is 5.95. The van der Waals surface area contributed by atoms with Gasteiger partial charge in [0.25, 0.3) is 0 Å². The van der Waals surface area contributed by atoms with Crippen LogP contribution in [0.15, 0.2) is 29.4 Å². The summed E-state index contributed by atoms with van der Waals surface area (Å²) in [6.45, 7) is 2.11. The molecule has 0 N–H and O–H groups in total. The second-order valence-electron chi connectivity index (χ2n) is 2.49. The van der Waals surface area contributed by atoms with Crippen molar-refractivity contribution >= 4 is 5.84 Å². The topological polar surface area (TPSA) is 15.6 Å². The molecule has 0 fully saturated rings. The summed E-state index contributed by atoms with van der Waals surface area (Å²) in [5, 5.41) is 0. The van der Waals surface area contributed by atoms with Crippen LogP contribution in [0.2, 0.25) is 0 Å². The standard InChI is InChI=1S/C8H10N2/c1-2-6-10-7-3-5-9-8(10)4-1/h1-2,4,6H,3,5,7H2. The number of fused-ring (bicyclic) bond motifs is 1. The molecule has 2 nitrogen and oxygen atoms in total. The molecule has 2 aliphatic heterocycles. The molecule has 0 aromatic rings. The zero-order valence-corrected chi connectivity index (χ0v) is 5.83. The first-order valence-corrected chi connectivity index (χ1v) is 3.63. The van der Waals surface area contributed by atoms with E-state index in [1.54, 1.807) is 0 Å². The van der Waals surface area contributed by atoms with Gasteiger partial charge in [0.1, 0.15) is 5.84 Å². The molecule has 0 saturated carbocycles. The quantitative estimate of drug-likeness (QED) is 0.485. The Morgan fingerprint density at radius 2 is 2.40 bits per heavy atom. The van der Waals surface area contributed by atoms with Crippen molar-refractivity contribution in [3.8, 4) is 0 Å². The number of allylic oxidation sites excluding steroid dienone is 2. The van der Waals surface area contributed by atoms with Crippen LogP contribution < -0.4 is 0 Å². The Kier molecular flexibility index (Phi) is 1.31. The summed E-state index contributed by atoms with van der Waals surface area (Å²) in [5.41, 5.74) is 0. The third kappa shape index (κ3) is 0.856. The molecule has 0 bridgehead atoms. The Hall–Kier alpha value is -1.05. The van der Waals surface area contributed by atoms with E-state index in [2.05, 4.69) is 22.2 Å². The molecule has 2 heterocycles. The first-order chi connectivity index (χ1) is 4.97. The smallest absolute Gasteiger partial charge is 0.127 e. The van der Waals surface area contributed by atoms with Gasteiger partial charge in [0, 0.05) is 19.3 Å². The van der Waals surface area contributed by atoms with Crippen molar-refractivity contribution < 1.29 is 0 Å². The second-order valence-corrected chi connectivity index (χ2v) is 2.49. The van der Waals surface area contributed by atoms with Gasteiger partial charge in [-0.2, -0.15) is 0 Å². The molecule has 0 saturated heterocycles. The molecule has 10 heavy (non-hydrogen) atoms. The third-order valence-corrected chi connectivity index (χ3v) is 1.75. The molecule has 52 valence electrons. The Bertz CT molecular complexity index is 213. The zero-order chi connectivity index (χ0) is 6.81. The van der Waals surface area contributed by atoms with Gasteiger partial charge in [-0.25, -0.2) is 0 Å². The summed E-state index contributed by atoms with van der Waals surface area (Å²) in [4.78, 5) is 6.54. The first kappa shape index (κ1) is 5.71. The number of aliphatic imine (C=N–C) groups is 1. The van der Waals surface area contributed by atoms with Crippen LogP contribution in [0.25, 0.3) is 0 Å². The van der Waals surface area contributed by atoms with Gasteiger partial charge in [0.05, 0.1) is 0 Å². The van der Waals surface area contributed by atoms with Gasteiger partial charge in [-0.3, -0.25) is 4.99 Å². The van der Waals surface area contributed by atoms with Gasteiger partial charge in [0.15, 0.2) is 0 Å². The van der Waals surface area contributed by atoms with Gasteiger partial charge < -0.3 is 4.90 Å². The molecular formula is C8H10N2. The van der Waals surface area contributed by atoms with Gasteiger partial charge in [-0.1, -0.05) is 6.08 Å². The average molecular weight is 134 g/mol. The number of amidine groups is 1. The van der Waals surface area contributed by atoms with Crippen molar-refractivity contribution in [3.05, 3.63) is 24.4 Å². The molecule has 2 rings (SSSR count). The Labute approximate surface area is 60.6 Å². The highest BCUT2D eigenvalue weighted by Crippen LogP contribution is 2.07. The third-order valence-electron chi connectivity index (χ3n) is 1.75. The Morgan fingerprint density at radius 1 is 1.40 bits per heavy atom. The second kappa shape index (κ2) is 2.29. The maximum atomic E-state index is 4.36. The summed E-state index contributed by atoms with van der Waals surface area (Å²) in [6, 6.07) is 0. The van der Waals surface area contributed by atoms with E-state index in [1.807, 2.05) is 12.2 Å². The first-order valence-electron chi connectivity index (χ1n) is 3.63. The van der Waals surface area contributed by atoms with Gasteiger partial charge >= 0.3 is 0 Å². The maximum Gasteiger partial charge on any atom is 0.127 e. The monoisotopic (exact) mass is 134 g/mol. The van der Waals surface area contributed by atoms with E-state index >= 15 is 0 Å². The summed E-state index contributed by atoms with van der Waals surface area (Å²) >= 11 is 0. The largest absolute Gasteiger partial charge is 0.333 e. The Balaban J connectivity index is 2.27. The van der Waals surface area contributed by atoms with E-state index in [0.29, 0.717) is 0 Å². The van der Waals surface area contributed by atoms with Crippen LogP contribution in [0, 0.1) is 0 Å². The molecule has 0 unspecified atom stereocenters. The van der Waals surface area contributed by atoms with E-state index in [9.17, 15) is 0 Å². The lowest BCUT2D eigenvalue weighted by atomic mass is 10.2. The van der Waals surface area contributed by atoms with Crippen molar-refractivity contribution in [2.75, 3.05) is 13.1 Å². The van der Waals surface area contributed by atoms with Gasteiger partial charge in [0.2, 0.25) is 0 Å². The van der Waals surface area contributed by atoms with Crippen molar-refractivity contribution in [1.29, 1.82) is 0 Å². The molecule has 0 radical (unpaired) electrons. The molecule has 0 amide bonds. The summed E-state index contributed by atoms with van der Waals surface area (Å²) in [6.07, 6.45) is 9.39. The number of hydrogen-bond donors (Lipinski definition) is 0. The Morgan fingerprint density at radius 3 is 3.30 bits per heavy atom. The van der Waals surface area contributed by atoms with Crippen LogP contribution in [0.1, 0.15) is 6.42 Å². The average Bonchev–Trinajstić information content (AvgIpc) is 2.05. The van der Waals surface area contributed by atoms with Crippen molar-refractivity contribution in [2.45, 2.75) is 6.42 Å². The van der Waals surface area contributed by atoms with Gasteiger partial charge in [-0.05, 0) is 18.6 Å². The fraction of sp³-hybridized carbons (Fsp3) is 0.375. The van der Waals surface area contributed by atoms with Crippen LogP contribution in [-0.4, -0.2) is 23.8 Å². The molecule has 0 spiro atoms. The molecule has 0 aromatic heterocycles. The minimum Gasteiger partial charge on any atom is -0.333 e. The van der Waals surface area contributed by atoms with Crippen LogP contribution in [0.3, 0.4) is 0 Å². The van der Waals surface area contributed by atoms with E-state index in [1.165, 1.54) is 6.42 Å². The minimum absolute atomic E-state index is 0.990. The lowest BCUT2D eigenvalue weighted by Gasteiger charge is -2.25. The van der Waals surface area contributed by atoms with Crippen molar-refractivity contribution in [2.24, 2.45) is 4.99 Å². The van der Waals surface area contributed by atoms with E-state index in [0.717, 1.165) is 18.9 Å². The fourth-order valence-electron chi connectivity index (χ4n) is 1.23. The molecule has 0 atom stereocenters. The predicted molar refractivity (Wildman–Crippen MR) is 41.9 cm³/mol. The summed E-state index contributed by atoms with van der Waals surface area (Å²) in [5.74, 6) is 1.12. The summed E-state index contributed by atoms with van der Waals surface area (Å²) in [7, 11) is 0. The van der Waals surface area contributed by atoms with Crippen molar-refractivity contribution in [1.82, 2.24) is 4.90 Å². The van der Waals surface area contributed by atoms with Crippen molar-refractivity contribution in [3.63, 3.8) is 0 Å². The van der Waals surface area contributed by atoms with Crippen LogP contribution in [-0.2, 0) is 0 Å². The number of hydrogen-bond acceptors (Lipinski definition) is 2.